The first-order valence-corrected chi connectivity index (χ1v) is 10.3. The van der Waals surface area contributed by atoms with Crippen molar-refractivity contribution in [2.24, 2.45) is 17.3 Å². The van der Waals surface area contributed by atoms with E-state index in [1.807, 2.05) is 29.2 Å². The molecule has 0 radical (unpaired) electrons. The Balaban J connectivity index is 0.00000225. The molecule has 1 aliphatic carbocycles. The second kappa shape index (κ2) is 8.83. The lowest BCUT2D eigenvalue weighted by Crippen LogP contribution is -2.52. The van der Waals surface area contributed by atoms with Crippen molar-refractivity contribution < 1.29 is 14.3 Å². The van der Waals surface area contributed by atoms with Gasteiger partial charge in [0, 0.05) is 31.1 Å². The molecular formula is C22H31ClN2O3. The van der Waals surface area contributed by atoms with Crippen molar-refractivity contribution in [2.45, 2.75) is 38.5 Å². The van der Waals surface area contributed by atoms with Gasteiger partial charge in [-0.2, -0.15) is 0 Å². The second-order valence-electron chi connectivity index (χ2n) is 8.39. The predicted octanol–water partition coefficient (Wildman–Crippen LogP) is 3.32. The van der Waals surface area contributed by atoms with Crippen LogP contribution in [0.1, 0.15) is 48.9 Å². The molecule has 4 rings (SSSR count). The third kappa shape index (κ3) is 3.79. The molecule has 1 saturated carbocycles. The fraction of sp³-hybridized carbons (Fsp3) is 0.636. The van der Waals surface area contributed by atoms with Crippen LogP contribution in [0.3, 0.4) is 0 Å². The van der Waals surface area contributed by atoms with Gasteiger partial charge in [0.25, 0.3) is 0 Å². The summed E-state index contributed by atoms with van der Waals surface area (Å²) in [5.74, 6) is 1.81. The van der Waals surface area contributed by atoms with Crippen molar-refractivity contribution in [3.63, 3.8) is 0 Å². The van der Waals surface area contributed by atoms with E-state index in [4.69, 9.17) is 4.74 Å². The van der Waals surface area contributed by atoms with E-state index in [-0.39, 0.29) is 29.5 Å². The normalized spacial score (nSPS) is 27.6. The first-order chi connectivity index (χ1) is 13.1. The zero-order valence-corrected chi connectivity index (χ0v) is 17.4. The Kier molecular flexibility index (Phi) is 6.66. The highest BCUT2D eigenvalue weighted by Gasteiger charge is 2.51. The summed E-state index contributed by atoms with van der Waals surface area (Å²) < 4.78 is 5.17. The number of benzene rings is 1. The molecule has 5 nitrogen and oxygen atoms in total. The molecule has 2 aliphatic heterocycles. The number of rotatable bonds is 4. The Labute approximate surface area is 173 Å². The van der Waals surface area contributed by atoms with Crippen LogP contribution >= 0.6 is 12.4 Å². The number of halogens is 1. The number of hydrogen-bond acceptors (Lipinski definition) is 4. The Morgan fingerprint density at radius 1 is 1.11 bits per heavy atom. The monoisotopic (exact) mass is 406 g/mol. The summed E-state index contributed by atoms with van der Waals surface area (Å²) >= 11 is 0. The molecule has 0 spiro atoms. The number of carbonyl (C=O) groups is 2. The highest BCUT2D eigenvalue weighted by Crippen LogP contribution is 2.45. The lowest BCUT2D eigenvalue weighted by molar-refractivity contribution is -0.146. The van der Waals surface area contributed by atoms with Crippen molar-refractivity contribution in [1.29, 1.82) is 0 Å². The van der Waals surface area contributed by atoms with Gasteiger partial charge in [-0.25, -0.2) is 0 Å². The fourth-order valence-corrected chi connectivity index (χ4v) is 5.32. The van der Waals surface area contributed by atoms with Gasteiger partial charge in [0.2, 0.25) is 5.91 Å². The quantitative estimate of drug-likeness (QED) is 0.779. The van der Waals surface area contributed by atoms with Crippen molar-refractivity contribution in [3.8, 4) is 5.75 Å². The number of amides is 1. The minimum atomic E-state index is -0.176. The number of methoxy groups -OCH3 is 1. The van der Waals surface area contributed by atoms with Gasteiger partial charge in [-0.15, -0.1) is 12.4 Å². The maximum atomic E-state index is 13.4. The Bertz CT molecular complexity index is 700. The van der Waals surface area contributed by atoms with E-state index < -0.39 is 0 Å². The largest absolute Gasteiger partial charge is 0.497 e. The van der Waals surface area contributed by atoms with Crippen molar-refractivity contribution in [1.82, 2.24) is 10.2 Å². The van der Waals surface area contributed by atoms with Crippen LogP contribution in [0.2, 0.25) is 0 Å². The summed E-state index contributed by atoms with van der Waals surface area (Å²) in [4.78, 5) is 28.2. The topological polar surface area (TPSA) is 58.6 Å². The van der Waals surface area contributed by atoms with Gasteiger partial charge in [0.05, 0.1) is 12.5 Å². The van der Waals surface area contributed by atoms with Crippen LogP contribution in [-0.2, 0) is 4.79 Å². The van der Waals surface area contributed by atoms with Crippen molar-refractivity contribution in [2.75, 3.05) is 33.3 Å². The van der Waals surface area contributed by atoms with Crippen LogP contribution in [-0.4, -0.2) is 49.9 Å². The fourth-order valence-electron chi connectivity index (χ4n) is 5.32. The molecule has 3 fully saturated rings. The lowest BCUT2D eigenvalue weighted by Gasteiger charge is -2.42. The third-order valence-corrected chi connectivity index (χ3v) is 6.99. The minimum Gasteiger partial charge on any atom is -0.497 e. The molecule has 2 heterocycles. The number of fused-ring (bicyclic) bond motifs is 1. The maximum Gasteiger partial charge on any atom is 0.230 e. The number of likely N-dealkylation sites (tertiary alicyclic amines) is 1. The van der Waals surface area contributed by atoms with Crippen molar-refractivity contribution >= 4 is 24.1 Å². The number of nitrogens with zero attached hydrogens (tertiary/aromatic N) is 1. The van der Waals surface area contributed by atoms with E-state index in [0.717, 1.165) is 50.1 Å². The van der Waals surface area contributed by atoms with Gasteiger partial charge in [-0.3, -0.25) is 9.59 Å². The molecule has 0 unspecified atom stereocenters. The van der Waals surface area contributed by atoms with Gasteiger partial charge in [-0.1, -0.05) is 12.8 Å². The average molecular weight is 407 g/mol. The van der Waals surface area contributed by atoms with Gasteiger partial charge in [-0.05, 0) is 62.4 Å². The van der Waals surface area contributed by atoms with Gasteiger partial charge in [0.15, 0.2) is 5.78 Å². The molecular weight excluding hydrogens is 376 g/mol. The zero-order valence-electron chi connectivity index (χ0n) is 16.6. The number of carbonyl (C=O) groups excluding carboxylic acids is 2. The van der Waals surface area contributed by atoms with Crippen LogP contribution in [0, 0.1) is 17.3 Å². The highest BCUT2D eigenvalue weighted by atomic mass is 35.5. The SMILES string of the molecule is COc1ccc(C(=O)C2CCN(C(=O)[C@@]34CCCC[C@H]3CNC4)CC2)cc1.Cl. The first kappa shape index (κ1) is 21.1. The van der Waals surface area contributed by atoms with E-state index in [1.165, 1.54) is 12.8 Å². The lowest BCUT2D eigenvalue weighted by atomic mass is 9.67. The summed E-state index contributed by atoms with van der Waals surface area (Å²) in [5.41, 5.74) is 0.567. The molecule has 28 heavy (non-hydrogen) atoms. The summed E-state index contributed by atoms with van der Waals surface area (Å²) in [6, 6.07) is 7.35. The summed E-state index contributed by atoms with van der Waals surface area (Å²) in [7, 11) is 1.62. The number of piperidine rings is 1. The predicted molar refractivity (Wildman–Crippen MR) is 111 cm³/mol. The first-order valence-electron chi connectivity index (χ1n) is 10.3. The molecule has 6 heteroatoms. The molecule has 0 aromatic heterocycles. The zero-order chi connectivity index (χ0) is 18.9. The molecule has 1 N–H and O–H groups in total. The molecule has 154 valence electrons. The molecule has 1 aromatic carbocycles. The molecule has 2 saturated heterocycles. The standard InChI is InChI=1S/C22H30N2O3.ClH/c1-27-19-7-5-16(6-8-19)20(25)17-9-12-24(13-10-17)21(26)22-11-3-2-4-18(22)14-23-15-22;/h5-8,17-18,23H,2-4,9-15H2,1H3;1H/t18-,22+;/m0./s1. The van der Waals surface area contributed by atoms with Crippen LogP contribution in [0.4, 0.5) is 0 Å². The Hall–Kier alpha value is -1.59. The van der Waals surface area contributed by atoms with Crippen LogP contribution in [0.15, 0.2) is 24.3 Å². The van der Waals surface area contributed by atoms with Gasteiger partial charge >= 0.3 is 0 Å². The maximum absolute atomic E-state index is 13.4. The van der Waals surface area contributed by atoms with Gasteiger partial charge in [0.1, 0.15) is 5.75 Å². The molecule has 0 bridgehead atoms. The van der Waals surface area contributed by atoms with Crippen LogP contribution in [0.5, 0.6) is 5.75 Å². The summed E-state index contributed by atoms with van der Waals surface area (Å²) in [6.07, 6.45) is 6.14. The molecule has 1 amide bonds. The number of ketones is 1. The van der Waals surface area contributed by atoms with E-state index in [2.05, 4.69) is 5.32 Å². The van der Waals surface area contributed by atoms with Crippen LogP contribution in [0.25, 0.3) is 0 Å². The molecule has 2 atom stereocenters. The minimum absolute atomic E-state index is 0. The molecule has 1 aromatic rings. The number of hydrogen-bond donors (Lipinski definition) is 1. The van der Waals surface area contributed by atoms with E-state index in [0.29, 0.717) is 24.9 Å². The summed E-state index contributed by atoms with van der Waals surface area (Å²) in [6.45, 7) is 3.24. The molecule has 3 aliphatic rings. The summed E-state index contributed by atoms with van der Waals surface area (Å²) in [5, 5.41) is 3.47. The van der Waals surface area contributed by atoms with E-state index in [9.17, 15) is 9.59 Å². The highest BCUT2D eigenvalue weighted by molar-refractivity contribution is 5.98. The number of ether oxygens (including phenoxy) is 1. The Morgan fingerprint density at radius 2 is 1.82 bits per heavy atom. The smallest absolute Gasteiger partial charge is 0.230 e. The number of Topliss-reactive ketones (excluding diaryl/α,β-unsaturated/α-hetero) is 1. The Morgan fingerprint density at radius 3 is 2.50 bits per heavy atom. The van der Waals surface area contributed by atoms with E-state index >= 15 is 0 Å². The van der Waals surface area contributed by atoms with Crippen molar-refractivity contribution in [3.05, 3.63) is 29.8 Å². The van der Waals surface area contributed by atoms with Crippen LogP contribution < -0.4 is 10.1 Å². The number of nitrogens with one attached hydrogen (secondary N) is 1. The third-order valence-electron chi connectivity index (χ3n) is 6.99. The average Bonchev–Trinajstić information content (AvgIpc) is 3.18. The van der Waals surface area contributed by atoms with E-state index in [1.54, 1.807) is 7.11 Å². The van der Waals surface area contributed by atoms with Gasteiger partial charge < -0.3 is 15.0 Å². The second-order valence-corrected chi connectivity index (χ2v) is 8.39.